The monoisotopic (exact) mass is 844 g/mol. The lowest BCUT2D eigenvalue weighted by molar-refractivity contribution is -0.205. The van der Waals surface area contributed by atoms with Crippen molar-refractivity contribution in [1.29, 1.82) is 0 Å². The zero-order chi connectivity index (χ0) is 39.8. The minimum absolute atomic E-state index is 0.0491. The summed E-state index contributed by atoms with van der Waals surface area (Å²) in [5.41, 5.74) is -3.57. The van der Waals surface area contributed by atoms with Gasteiger partial charge in [0.25, 0.3) is 0 Å². The van der Waals surface area contributed by atoms with Gasteiger partial charge in [0.05, 0.1) is 51.7 Å². The van der Waals surface area contributed by atoms with Gasteiger partial charge in [0, 0.05) is 19.8 Å². The van der Waals surface area contributed by atoms with Gasteiger partial charge in [0.15, 0.2) is 0 Å². The standard InChI is InChI=1S/C32H60O19S3/c33-10-17-20(37)23(40)26(43)29(49-17)52-7-1-4-46-14-32(13-36,15-47-5-2-8-53-30-27(44)24(41)21(38)18(11-34)50-30)16-48-6-3-9-54-31-28(45)25(42)22(39)19(12-35)51-31/h17-31,33-45H,1-16H2/t17-,18-,19-,20-,21-,22-,23+,24+,25+,26-,27+,28+,29+,30-,31-/m1/s1. The van der Waals surface area contributed by atoms with Crippen LogP contribution in [0.3, 0.4) is 0 Å². The van der Waals surface area contributed by atoms with Gasteiger partial charge >= 0.3 is 0 Å². The first-order chi connectivity index (χ1) is 25.8. The number of aliphatic hydroxyl groups excluding tert-OH is 13. The van der Waals surface area contributed by atoms with Gasteiger partial charge in [-0.25, -0.2) is 0 Å². The predicted octanol–water partition coefficient (Wildman–Crippen LogP) is -5.22. The molecule has 54 heavy (non-hydrogen) atoms. The van der Waals surface area contributed by atoms with Crippen molar-refractivity contribution in [2.75, 3.05) is 83.3 Å². The molecule has 0 aromatic heterocycles. The highest BCUT2D eigenvalue weighted by molar-refractivity contribution is 8.00. The molecule has 3 rings (SSSR count). The van der Waals surface area contributed by atoms with Crippen molar-refractivity contribution < 1.29 is 94.8 Å². The molecule has 0 saturated carbocycles. The molecule has 13 N–H and O–H groups in total. The van der Waals surface area contributed by atoms with Crippen molar-refractivity contribution in [3.8, 4) is 0 Å². The van der Waals surface area contributed by atoms with Crippen molar-refractivity contribution in [1.82, 2.24) is 0 Å². The average molecular weight is 845 g/mol. The van der Waals surface area contributed by atoms with Gasteiger partial charge in [-0.3, -0.25) is 0 Å². The lowest BCUT2D eigenvalue weighted by Crippen LogP contribution is -2.57. The van der Waals surface area contributed by atoms with Gasteiger partial charge in [-0.05, 0) is 36.5 Å². The molecule has 0 aliphatic carbocycles. The van der Waals surface area contributed by atoms with Crippen molar-refractivity contribution >= 4 is 35.3 Å². The van der Waals surface area contributed by atoms with Gasteiger partial charge in [0.1, 0.15) is 89.6 Å². The summed E-state index contributed by atoms with van der Waals surface area (Å²) < 4.78 is 34.3. The molecule has 3 heterocycles. The molecule has 0 amide bonds. The van der Waals surface area contributed by atoms with E-state index in [0.717, 1.165) is 0 Å². The first-order valence-electron chi connectivity index (χ1n) is 17.9. The van der Waals surface area contributed by atoms with Crippen LogP contribution in [0.2, 0.25) is 0 Å². The van der Waals surface area contributed by atoms with Crippen LogP contribution in [-0.2, 0) is 28.4 Å². The molecule has 19 nitrogen and oxygen atoms in total. The number of thioether (sulfide) groups is 3. The molecule has 22 heteroatoms. The summed E-state index contributed by atoms with van der Waals surface area (Å²) in [6.07, 6.45) is -14.3. The van der Waals surface area contributed by atoms with E-state index in [2.05, 4.69) is 0 Å². The molecule has 320 valence electrons. The fourth-order valence-electron chi connectivity index (χ4n) is 5.82. The third-order valence-electron chi connectivity index (χ3n) is 9.25. The summed E-state index contributed by atoms with van der Waals surface area (Å²) in [5, 5.41) is 129. The molecule has 0 unspecified atom stereocenters. The summed E-state index contributed by atoms with van der Waals surface area (Å²) in [6.45, 7) is -1.03. The summed E-state index contributed by atoms with van der Waals surface area (Å²) in [4.78, 5) is 0. The van der Waals surface area contributed by atoms with Crippen LogP contribution in [0.25, 0.3) is 0 Å². The summed E-state index contributed by atoms with van der Waals surface area (Å²) in [6, 6.07) is 0. The van der Waals surface area contributed by atoms with Crippen molar-refractivity contribution in [2.45, 2.75) is 109 Å². The number of hydrogen-bond acceptors (Lipinski definition) is 22. The molecule has 0 aromatic carbocycles. The minimum Gasteiger partial charge on any atom is -0.396 e. The smallest absolute Gasteiger partial charge is 0.132 e. The van der Waals surface area contributed by atoms with E-state index in [4.69, 9.17) is 28.4 Å². The van der Waals surface area contributed by atoms with E-state index in [1.807, 2.05) is 0 Å². The molecule has 0 bridgehead atoms. The average Bonchev–Trinajstić information content (AvgIpc) is 3.17. The van der Waals surface area contributed by atoms with Crippen LogP contribution in [0.5, 0.6) is 0 Å². The topological polar surface area (TPSA) is 318 Å². The van der Waals surface area contributed by atoms with E-state index in [9.17, 15) is 66.4 Å². The number of rotatable bonds is 25. The third kappa shape index (κ3) is 14.0. The quantitative estimate of drug-likeness (QED) is 0.0382. The highest BCUT2D eigenvalue weighted by atomic mass is 32.2. The number of ether oxygens (including phenoxy) is 6. The Balaban J connectivity index is 1.45. The van der Waals surface area contributed by atoms with Crippen LogP contribution >= 0.6 is 35.3 Å². The number of aliphatic hydroxyl groups is 13. The van der Waals surface area contributed by atoms with Gasteiger partial charge in [-0.2, -0.15) is 0 Å². The van der Waals surface area contributed by atoms with E-state index < -0.39 is 115 Å². The Kier molecular flexibility index (Phi) is 22.6. The molecular formula is C32H60O19S3. The van der Waals surface area contributed by atoms with Crippen LogP contribution in [-0.4, -0.2) is 239 Å². The molecule has 3 aliphatic heterocycles. The summed E-state index contributed by atoms with van der Waals surface area (Å²) in [7, 11) is 0. The lowest BCUT2D eigenvalue weighted by Gasteiger charge is -2.39. The maximum absolute atomic E-state index is 10.5. The Labute approximate surface area is 326 Å². The van der Waals surface area contributed by atoms with E-state index in [1.165, 1.54) is 35.3 Å². The molecule has 3 aliphatic rings. The van der Waals surface area contributed by atoms with Crippen LogP contribution in [0.1, 0.15) is 19.3 Å². The van der Waals surface area contributed by atoms with Crippen molar-refractivity contribution in [3.05, 3.63) is 0 Å². The van der Waals surface area contributed by atoms with Crippen molar-refractivity contribution in [3.63, 3.8) is 0 Å². The first-order valence-corrected chi connectivity index (χ1v) is 21.1. The fourth-order valence-corrected chi connectivity index (χ4v) is 9.11. The van der Waals surface area contributed by atoms with E-state index in [1.54, 1.807) is 0 Å². The Hall–Kier alpha value is 0.290. The summed E-state index contributed by atoms with van der Waals surface area (Å²) in [5.74, 6) is 1.33. The molecule has 0 aromatic rings. The SMILES string of the molecule is OC[C@H]1O[C@@H](SCCCOCC(CO)(COCCCS[C@H]2O[C@H](CO)[C@@H](O)[C@H](O)[C@@H]2O)COCCCS[C@H]2O[C@H](CO)[C@@H](O)[C@H](O)[C@@H]2O)[C@H](O)[C@@H](O)[C@@H]1O. The highest BCUT2D eigenvalue weighted by Gasteiger charge is 2.45. The van der Waals surface area contributed by atoms with E-state index in [0.29, 0.717) is 36.5 Å². The second kappa shape index (κ2) is 25.0. The Morgan fingerprint density at radius 1 is 0.407 bits per heavy atom. The van der Waals surface area contributed by atoms with Crippen LogP contribution in [0, 0.1) is 5.41 Å². The molecule has 0 radical (unpaired) electrons. The zero-order valence-corrected chi connectivity index (χ0v) is 32.4. The van der Waals surface area contributed by atoms with Gasteiger partial charge in [0.2, 0.25) is 0 Å². The third-order valence-corrected chi connectivity index (χ3v) is 13.0. The van der Waals surface area contributed by atoms with Crippen molar-refractivity contribution in [2.24, 2.45) is 5.41 Å². The Morgan fingerprint density at radius 3 is 0.926 bits per heavy atom. The molecule has 3 fully saturated rings. The Morgan fingerprint density at radius 2 is 0.685 bits per heavy atom. The second-order valence-corrected chi connectivity index (χ2v) is 17.2. The summed E-state index contributed by atoms with van der Waals surface area (Å²) >= 11 is 3.59. The van der Waals surface area contributed by atoms with E-state index >= 15 is 0 Å². The fraction of sp³-hybridized carbons (Fsp3) is 1.00. The maximum Gasteiger partial charge on any atom is 0.132 e. The lowest BCUT2D eigenvalue weighted by atomic mass is 9.92. The van der Waals surface area contributed by atoms with Gasteiger partial charge in [-0.1, -0.05) is 0 Å². The molecule has 0 spiro atoms. The largest absolute Gasteiger partial charge is 0.396 e. The first kappa shape index (κ1) is 48.7. The van der Waals surface area contributed by atoms with Crippen LogP contribution in [0.4, 0.5) is 0 Å². The second-order valence-electron chi connectivity index (χ2n) is 13.6. The highest BCUT2D eigenvalue weighted by Crippen LogP contribution is 2.31. The normalized spacial score (nSPS) is 37.8. The predicted molar refractivity (Wildman–Crippen MR) is 195 cm³/mol. The maximum atomic E-state index is 10.5. The molecule has 3 saturated heterocycles. The minimum atomic E-state index is -1.47. The van der Waals surface area contributed by atoms with Gasteiger partial charge < -0.3 is 94.8 Å². The molecular weight excluding hydrogens is 785 g/mol. The van der Waals surface area contributed by atoms with Gasteiger partial charge in [-0.15, -0.1) is 35.3 Å². The van der Waals surface area contributed by atoms with Crippen LogP contribution < -0.4 is 0 Å². The Bertz CT molecular complexity index is 890. The molecule has 15 atom stereocenters. The van der Waals surface area contributed by atoms with Crippen LogP contribution in [0.15, 0.2) is 0 Å². The number of hydrogen-bond donors (Lipinski definition) is 13. The van der Waals surface area contributed by atoms with E-state index in [-0.39, 0.29) is 46.2 Å². The zero-order valence-electron chi connectivity index (χ0n) is 30.0.